The zero-order valence-electron chi connectivity index (χ0n) is 18.1. The van der Waals surface area contributed by atoms with Crippen molar-refractivity contribution in [3.05, 3.63) is 11.6 Å². The molecule has 30 heavy (non-hydrogen) atoms. The molecule has 0 radical (unpaired) electrons. The number of ether oxygens (including phenoxy) is 2. The van der Waals surface area contributed by atoms with E-state index < -0.39 is 11.7 Å². The van der Waals surface area contributed by atoms with Gasteiger partial charge in [0.15, 0.2) is 5.78 Å². The van der Waals surface area contributed by atoms with Crippen LogP contribution in [0.1, 0.15) is 65.2 Å². The third kappa shape index (κ3) is 2.43. The summed E-state index contributed by atoms with van der Waals surface area (Å²) < 4.78 is 11.2. The number of fused-ring (bicyclic) bond motifs is 6. The van der Waals surface area contributed by atoms with Gasteiger partial charge in [0.25, 0.3) is 0 Å². The van der Waals surface area contributed by atoms with Crippen molar-refractivity contribution < 1.29 is 29.0 Å². The third-order valence-electron chi connectivity index (χ3n) is 9.79. The molecule has 1 N–H and O–H groups in total. The maximum absolute atomic E-state index is 12.9. The Morgan fingerprint density at radius 1 is 1.20 bits per heavy atom. The zero-order chi connectivity index (χ0) is 21.5. The number of carbonyl (C=O) groups is 3. The van der Waals surface area contributed by atoms with Gasteiger partial charge in [0.2, 0.25) is 0 Å². The minimum Gasteiger partial charge on any atom is -0.469 e. The highest BCUT2D eigenvalue weighted by molar-refractivity contribution is 5.92. The second kappa shape index (κ2) is 6.41. The molecule has 6 nitrogen and oxygen atoms in total. The van der Waals surface area contributed by atoms with E-state index in [1.165, 1.54) is 7.11 Å². The second-order valence-corrected chi connectivity index (χ2v) is 10.8. The van der Waals surface area contributed by atoms with E-state index in [1.807, 2.05) is 0 Å². The van der Waals surface area contributed by atoms with Crippen LogP contribution >= 0.6 is 0 Å². The summed E-state index contributed by atoms with van der Waals surface area (Å²) >= 11 is 0. The molecule has 164 valence electrons. The summed E-state index contributed by atoms with van der Waals surface area (Å²) in [4.78, 5) is 37.2. The molecule has 1 aliphatic heterocycles. The lowest BCUT2D eigenvalue weighted by Gasteiger charge is -2.62. The summed E-state index contributed by atoms with van der Waals surface area (Å²) in [6.07, 6.45) is 6.21. The fourth-order valence-corrected chi connectivity index (χ4v) is 8.35. The molecule has 1 heterocycles. The van der Waals surface area contributed by atoms with Gasteiger partial charge < -0.3 is 14.6 Å². The number of hydrogen-bond donors (Lipinski definition) is 1. The molecule has 5 aliphatic rings. The fraction of sp³-hybridized carbons (Fsp3) is 0.792. The fourth-order valence-electron chi connectivity index (χ4n) is 8.35. The van der Waals surface area contributed by atoms with Crippen molar-refractivity contribution in [2.45, 2.75) is 76.9 Å². The van der Waals surface area contributed by atoms with Gasteiger partial charge in [-0.25, -0.2) is 0 Å². The van der Waals surface area contributed by atoms with Crippen molar-refractivity contribution in [2.24, 2.45) is 34.5 Å². The van der Waals surface area contributed by atoms with Crippen molar-refractivity contribution in [2.75, 3.05) is 7.11 Å². The van der Waals surface area contributed by atoms with Crippen molar-refractivity contribution in [3.8, 4) is 0 Å². The van der Waals surface area contributed by atoms with Crippen LogP contribution < -0.4 is 0 Å². The Balaban J connectivity index is 1.62. The van der Waals surface area contributed by atoms with Gasteiger partial charge in [-0.2, -0.15) is 0 Å². The Morgan fingerprint density at radius 3 is 2.63 bits per heavy atom. The maximum Gasteiger partial charge on any atom is 0.309 e. The van der Waals surface area contributed by atoms with Crippen LogP contribution in [-0.4, -0.2) is 41.6 Å². The largest absolute Gasteiger partial charge is 0.469 e. The summed E-state index contributed by atoms with van der Waals surface area (Å²) in [5, 5.41) is 11.6. The molecule has 1 spiro atoms. The predicted molar refractivity (Wildman–Crippen MR) is 107 cm³/mol. The first-order chi connectivity index (χ1) is 14.1. The Hall–Kier alpha value is -1.69. The Morgan fingerprint density at radius 2 is 1.97 bits per heavy atom. The topological polar surface area (TPSA) is 89.9 Å². The van der Waals surface area contributed by atoms with Gasteiger partial charge in [-0.15, -0.1) is 0 Å². The first-order valence-electron chi connectivity index (χ1n) is 11.4. The van der Waals surface area contributed by atoms with Crippen molar-refractivity contribution >= 4 is 17.7 Å². The van der Waals surface area contributed by atoms with E-state index in [4.69, 9.17) is 9.47 Å². The monoisotopic (exact) mass is 416 g/mol. The standard InChI is InChI=1S/C24H32O6/c1-22-7-4-14(25)10-13(22)11-15(21(28)29-3)19-16-5-8-24(9-6-18(27)30-24)23(16,2)12-17(26)20(19)22/h10,15-17,19-20,26H,4-9,11-12H2,1-3H3/t15?,16-,17-,19?,20+,22+,23-,24-/m1/s1. The number of carbonyl (C=O) groups excluding carboxylic acids is 3. The number of hydrogen-bond acceptors (Lipinski definition) is 6. The van der Waals surface area contributed by atoms with Crippen LogP contribution in [0.5, 0.6) is 0 Å². The summed E-state index contributed by atoms with van der Waals surface area (Å²) in [7, 11) is 1.42. The highest BCUT2D eigenvalue weighted by Crippen LogP contribution is 2.70. The minimum absolute atomic E-state index is 0.0415. The van der Waals surface area contributed by atoms with Gasteiger partial charge in [0.05, 0.1) is 19.1 Å². The van der Waals surface area contributed by atoms with E-state index in [9.17, 15) is 19.5 Å². The molecule has 5 rings (SSSR count). The number of aliphatic hydroxyl groups excluding tert-OH is 1. The molecule has 0 aromatic heterocycles. The van der Waals surface area contributed by atoms with E-state index >= 15 is 0 Å². The van der Waals surface area contributed by atoms with E-state index in [0.717, 1.165) is 18.4 Å². The highest BCUT2D eigenvalue weighted by Gasteiger charge is 2.71. The van der Waals surface area contributed by atoms with Crippen molar-refractivity contribution in [1.82, 2.24) is 0 Å². The molecule has 8 atom stereocenters. The van der Waals surface area contributed by atoms with Crippen LogP contribution in [0.15, 0.2) is 11.6 Å². The quantitative estimate of drug-likeness (QED) is 0.661. The number of methoxy groups -OCH3 is 1. The van der Waals surface area contributed by atoms with E-state index in [-0.39, 0.29) is 52.2 Å². The SMILES string of the molecule is COC(=O)C1CC2=CC(=O)CC[C@]2(C)[C@@H]2C1[C@H]1CC[C@@]3(CCC(=O)O3)[C@]1(C)C[C@H]2O. The summed E-state index contributed by atoms with van der Waals surface area (Å²) in [6.45, 7) is 4.33. The lowest BCUT2D eigenvalue weighted by molar-refractivity contribution is -0.197. The van der Waals surface area contributed by atoms with E-state index in [1.54, 1.807) is 6.08 Å². The molecule has 1 saturated heterocycles. The average Bonchev–Trinajstić information content (AvgIpc) is 3.21. The van der Waals surface area contributed by atoms with Crippen LogP contribution in [-0.2, 0) is 23.9 Å². The molecule has 0 amide bonds. The number of esters is 2. The summed E-state index contributed by atoms with van der Waals surface area (Å²) in [5.74, 6) is -0.636. The van der Waals surface area contributed by atoms with Crippen LogP contribution in [0.3, 0.4) is 0 Å². The lowest BCUT2D eigenvalue weighted by Crippen LogP contribution is -2.62. The van der Waals surface area contributed by atoms with Crippen molar-refractivity contribution in [1.29, 1.82) is 0 Å². The van der Waals surface area contributed by atoms with Gasteiger partial charge in [-0.05, 0) is 67.8 Å². The summed E-state index contributed by atoms with van der Waals surface area (Å²) in [6, 6.07) is 0. The summed E-state index contributed by atoms with van der Waals surface area (Å²) in [5.41, 5.74) is -0.168. The molecule has 0 aromatic carbocycles. The van der Waals surface area contributed by atoms with Crippen LogP contribution in [0.4, 0.5) is 0 Å². The number of rotatable bonds is 1. The molecule has 0 aromatic rings. The van der Waals surface area contributed by atoms with Crippen molar-refractivity contribution in [3.63, 3.8) is 0 Å². The lowest BCUT2D eigenvalue weighted by atomic mass is 9.43. The van der Waals surface area contributed by atoms with Crippen LogP contribution in [0, 0.1) is 34.5 Å². The average molecular weight is 417 g/mol. The first-order valence-corrected chi connectivity index (χ1v) is 11.4. The Labute approximate surface area is 177 Å². The predicted octanol–water partition coefficient (Wildman–Crippen LogP) is 2.96. The highest BCUT2D eigenvalue weighted by atomic mass is 16.6. The smallest absolute Gasteiger partial charge is 0.309 e. The van der Waals surface area contributed by atoms with Crippen LogP contribution in [0.25, 0.3) is 0 Å². The molecule has 4 fully saturated rings. The molecule has 2 unspecified atom stereocenters. The normalized spacial score (nSPS) is 49.7. The van der Waals surface area contributed by atoms with Gasteiger partial charge >= 0.3 is 11.9 Å². The Bertz CT molecular complexity index is 847. The zero-order valence-corrected chi connectivity index (χ0v) is 18.1. The third-order valence-corrected chi connectivity index (χ3v) is 9.79. The van der Waals surface area contributed by atoms with Gasteiger partial charge in [-0.1, -0.05) is 19.4 Å². The number of allylic oxidation sites excluding steroid dienone is 1. The molecule has 0 bridgehead atoms. The minimum atomic E-state index is -0.611. The molecular weight excluding hydrogens is 384 g/mol. The Kier molecular flexibility index (Phi) is 4.32. The molecule has 4 aliphatic carbocycles. The molecule has 3 saturated carbocycles. The second-order valence-electron chi connectivity index (χ2n) is 10.8. The van der Waals surface area contributed by atoms with Crippen LogP contribution in [0.2, 0.25) is 0 Å². The van der Waals surface area contributed by atoms with Gasteiger partial charge in [0, 0.05) is 18.3 Å². The van der Waals surface area contributed by atoms with Gasteiger partial charge in [-0.3, -0.25) is 14.4 Å². The maximum atomic E-state index is 12.9. The molecular formula is C24H32O6. The molecule has 6 heteroatoms. The van der Waals surface area contributed by atoms with Gasteiger partial charge in [0.1, 0.15) is 5.60 Å². The number of aliphatic hydroxyl groups is 1. The van der Waals surface area contributed by atoms with E-state index in [0.29, 0.717) is 38.5 Å². The first kappa shape index (κ1) is 20.2. The van der Waals surface area contributed by atoms with E-state index in [2.05, 4.69) is 13.8 Å². The number of ketones is 1.